The standard InChI is InChI=1S/C15H21N5O5/c21-4-9-11(23)12(24)15(25-9)20-6-18-10-13(16-5-17-14(10)20)19-7-2-1-3-8(7)22/h5-9,11-12,15,21-24H,1-4H2,(H,16,17,19)/t7-,8-,9+,11+,12+,15?/m0/s1. The van der Waals surface area contributed by atoms with Crippen LogP contribution in [0.1, 0.15) is 25.5 Å². The van der Waals surface area contributed by atoms with Crippen molar-refractivity contribution in [2.45, 2.75) is 55.9 Å². The van der Waals surface area contributed by atoms with Crippen molar-refractivity contribution in [3.63, 3.8) is 0 Å². The Morgan fingerprint density at radius 3 is 2.68 bits per heavy atom. The number of aliphatic hydroxyl groups is 4. The van der Waals surface area contributed by atoms with Crippen molar-refractivity contribution in [2.24, 2.45) is 0 Å². The molecule has 10 heteroatoms. The van der Waals surface area contributed by atoms with Gasteiger partial charge in [0.1, 0.15) is 24.6 Å². The average Bonchev–Trinajstić information content (AvgIpc) is 3.29. The summed E-state index contributed by atoms with van der Waals surface area (Å²) >= 11 is 0. The highest BCUT2D eigenvalue weighted by Crippen LogP contribution is 2.32. The third kappa shape index (κ3) is 2.75. The van der Waals surface area contributed by atoms with Crippen LogP contribution in [0.3, 0.4) is 0 Å². The van der Waals surface area contributed by atoms with Gasteiger partial charge in [-0.2, -0.15) is 0 Å². The number of fused-ring (bicyclic) bond motifs is 1. The van der Waals surface area contributed by atoms with Crippen LogP contribution in [0.25, 0.3) is 11.2 Å². The smallest absolute Gasteiger partial charge is 0.167 e. The maximum absolute atomic E-state index is 10.2. The fraction of sp³-hybridized carbons (Fsp3) is 0.667. The van der Waals surface area contributed by atoms with Crippen LogP contribution in [0.4, 0.5) is 5.82 Å². The van der Waals surface area contributed by atoms with Crippen LogP contribution in [0, 0.1) is 0 Å². The molecule has 2 aliphatic rings. The fourth-order valence-corrected chi connectivity index (χ4v) is 3.54. The number of rotatable bonds is 4. The molecule has 1 saturated carbocycles. The lowest BCUT2D eigenvalue weighted by molar-refractivity contribution is -0.0511. The Kier molecular flexibility index (Phi) is 4.29. The molecule has 25 heavy (non-hydrogen) atoms. The summed E-state index contributed by atoms with van der Waals surface area (Å²) in [5.41, 5.74) is 0.916. The molecule has 1 unspecified atom stereocenters. The lowest BCUT2D eigenvalue weighted by atomic mass is 10.1. The highest BCUT2D eigenvalue weighted by molar-refractivity contribution is 5.82. The predicted molar refractivity (Wildman–Crippen MR) is 85.6 cm³/mol. The van der Waals surface area contributed by atoms with Crippen LogP contribution in [-0.2, 0) is 4.74 Å². The molecule has 1 saturated heterocycles. The Bertz CT molecular complexity index is 755. The van der Waals surface area contributed by atoms with Gasteiger partial charge in [-0.15, -0.1) is 0 Å². The number of hydrogen-bond donors (Lipinski definition) is 5. The number of ether oxygens (including phenoxy) is 1. The monoisotopic (exact) mass is 351 g/mol. The Morgan fingerprint density at radius 2 is 2.00 bits per heavy atom. The second kappa shape index (κ2) is 6.46. The molecule has 0 spiro atoms. The molecule has 2 fully saturated rings. The van der Waals surface area contributed by atoms with E-state index in [0.29, 0.717) is 17.0 Å². The number of nitrogens with zero attached hydrogens (tertiary/aromatic N) is 4. The first kappa shape index (κ1) is 16.6. The summed E-state index contributed by atoms with van der Waals surface area (Å²) in [4.78, 5) is 12.7. The number of aliphatic hydroxyl groups excluding tert-OH is 4. The van der Waals surface area contributed by atoms with E-state index in [-0.39, 0.29) is 6.04 Å². The number of aromatic nitrogens is 4. The molecule has 2 aromatic rings. The summed E-state index contributed by atoms with van der Waals surface area (Å²) in [6, 6.07) is -0.0860. The molecular weight excluding hydrogens is 330 g/mol. The summed E-state index contributed by atoms with van der Waals surface area (Å²) in [6.07, 6.45) is 0.768. The van der Waals surface area contributed by atoms with E-state index in [4.69, 9.17) is 4.74 Å². The second-order valence-corrected chi connectivity index (χ2v) is 6.52. The summed E-state index contributed by atoms with van der Waals surface area (Å²) in [5, 5.41) is 42.6. The van der Waals surface area contributed by atoms with Gasteiger partial charge in [-0.25, -0.2) is 15.0 Å². The van der Waals surface area contributed by atoms with Gasteiger partial charge in [-0.3, -0.25) is 4.57 Å². The van der Waals surface area contributed by atoms with Crippen molar-refractivity contribution < 1.29 is 25.2 Å². The van der Waals surface area contributed by atoms with E-state index in [0.717, 1.165) is 19.3 Å². The lowest BCUT2D eigenvalue weighted by Crippen LogP contribution is -2.33. The molecule has 2 aromatic heterocycles. The SMILES string of the molecule is OC[C@H]1OC(n2cnc3c(N[C@H]4CCC[C@@H]4O)ncnc32)[C@H](O)[C@@H]1O. The molecule has 0 aromatic carbocycles. The molecule has 0 bridgehead atoms. The maximum atomic E-state index is 10.2. The third-order valence-electron chi connectivity index (χ3n) is 4.95. The van der Waals surface area contributed by atoms with Crippen molar-refractivity contribution in [3.8, 4) is 0 Å². The molecule has 5 N–H and O–H groups in total. The Morgan fingerprint density at radius 1 is 1.16 bits per heavy atom. The van der Waals surface area contributed by atoms with Gasteiger partial charge in [0, 0.05) is 0 Å². The van der Waals surface area contributed by atoms with Gasteiger partial charge in [-0.1, -0.05) is 0 Å². The maximum Gasteiger partial charge on any atom is 0.167 e. The van der Waals surface area contributed by atoms with E-state index in [9.17, 15) is 20.4 Å². The van der Waals surface area contributed by atoms with Gasteiger partial charge in [0.2, 0.25) is 0 Å². The molecule has 136 valence electrons. The van der Waals surface area contributed by atoms with Gasteiger partial charge in [0.15, 0.2) is 23.2 Å². The molecule has 6 atom stereocenters. The number of nitrogens with one attached hydrogen (secondary N) is 1. The minimum Gasteiger partial charge on any atom is -0.394 e. The zero-order valence-electron chi connectivity index (χ0n) is 13.4. The first-order valence-corrected chi connectivity index (χ1v) is 8.34. The summed E-state index contributed by atoms with van der Waals surface area (Å²) in [5.74, 6) is 0.501. The topological polar surface area (TPSA) is 146 Å². The van der Waals surface area contributed by atoms with Crippen LogP contribution in [0.2, 0.25) is 0 Å². The second-order valence-electron chi connectivity index (χ2n) is 6.52. The minimum atomic E-state index is -1.21. The van der Waals surface area contributed by atoms with Gasteiger partial charge in [0.25, 0.3) is 0 Å². The van der Waals surface area contributed by atoms with Crippen LogP contribution in [0.5, 0.6) is 0 Å². The average molecular weight is 351 g/mol. The van der Waals surface area contributed by atoms with Crippen LogP contribution in [-0.4, -0.2) is 77.0 Å². The molecule has 0 radical (unpaired) electrons. The first-order chi connectivity index (χ1) is 12.1. The van der Waals surface area contributed by atoms with Crippen molar-refractivity contribution in [3.05, 3.63) is 12.7 Å². The number of hydrogen-bond acceptors (Lipinski definition) is 9. The summed E-state index contributed by atoms with van der Waals surface area (Å²) in [7, 11) is 0. The van der Waals surface area contributed by atoms with Crippen molar-refractivity contribution >= 4 is 17.0 Å². The molecule has 1 aliphatic heterocycles. The molecule has 1 aliphatic carbocycles. The number of imidazole rings is 1. The van der Waals surface area contributed by atoms with Crippen LogP contribution >= 0.6 is 0 Å². The molecule has 3 heterocycles. The van der Waals surface area contributed by atoms with E-state index in [2.05, 4.69) is 20.3 Å². The zero-order chi connectivity index (χ0) is 17.6. The van der Waals surface area contributed by atoms with Gasteiger partial charge in [0.05, 0.1) is 25.1 Å². The normalized spacial score (nSPS) is 35.5. The minimum absolute atomic E-state index is 0.0860. The van der Waals surface area contributed by atoms with Gasteiger partial charge < -0.3 is 30.5 Å². The quantitative estimate of drug-likeness (QED) is 0.456. The van der Waals surface area contributed by atoms with E-state index in [1.54, 1.807) is 0 Å². The summed E-state index contributed by atoms with van der Waals surface area (Å²) in [6.45, 7) is -0.400. The predicted octanol–water partition coefficient (Wildman–Crippen LogP) is -1.24. The zero-order valence-corrected chi connectivity index (χ0v) is 13.4. The Hall–Kier alpha value is -1.85. The molecule has 0 amide bonds. The highest BCUT2D eigenvalue weighted by atomic mass is 16.6. The Balaban J connectivity index is 1.65. The Labute approximate surface area is 143 Å². The van der Waals surface area contributed by atoms with E-state index in [1.165, 1.54) is 17.2 Å². The van der Waals surface area contributed by atoms with Gasteiger partial charge >= 0.3 is 0 Å². The highest BCUT2D eigenvalue weighted by Gasteiger charge is 2.44. The van der Waals surface area contributed by atoms with Crippen molar-refractivity contribution in [1.82, 2.24) is 19.5 Å². The lowest BCUT2D eigenvalue weighted by Gasteiger charge is -2.18. The van der Waals surface area contributed by atoms with Gasteiger partial charge in [-0.05, 0) is 19.3 Å². The number of anilines is 1. The molecule has 10 nitrogen and oxygen atoms in total. The van der Waals surface area contributed by atoms with E-state index >= 15 is 0 Å². The van der Waals surface area contributed by atoms with Crippen molar-refractivity contribution in [1.29, 1.82) is 0 Å². The van der Waals surface area contributed by atoms with Crippen molar-refractivity contribution in [2.75, 3.05) is 11.9 Å². The molecule has 4 rings (SSSR count). The van der Waals surface area contributed by atoms with E-state index < -0.39 is 37.3 Å². The van der Waals surface area contributed by atoms with Crippen LogP contribution < -0.4 is 5.32 Å². The largest absolute Gasteiger partial charge is 0.394 e. The van der Waals surface area contributed by atoms with Crippen LogP contribution in [0.15, 0.2) is 12.7 Å². The molecular formula is C15H21N5O5. The third-order valence-corrected chi connectivity index (χ3v) is 4.95. The first-order valence-electron chi connectivity index (χ1n) is 8.34. The summed E-state index contributed by atoms with van der Waals surface area (Å²) < 4.78 is 7.04. The van der Waals surface area contributed by atoms with E-state index in [1.807, 2.05) is 0 Å². The fourth-order valence-electron chi connectivity index (χ4n) is 3.54.